The first-order chi connectivity index (χ1) is 9.65. The predicted molar refractivity (Wildman–Crippen MR) is 88.3 cm³/mol. The quantitative estimate of drug-likeness (QED) is 0.850. The molecule has 1 aliphatic rings. The Balaban J connectivity index is 2.22. The third-order valence-corrected chi connectivity index (χ3v) is 4.82. The van der Waals surface area contributed by atoms with Crippen LogP contribution in [0.15, 0.2) is 16.6 Å². The molecule has 0 aliphatic heterocycles. The van der Waals surface area contributed by atoms with Crippen LogP contribution >= 0.6 is 15.9 Å². The first-order valence-electron chi connectivity index (χ1n) is 7.81. The van der Waals surface area contributed by atoms with Crippen molar-refractivity contribution < 1.29 is 4.74 Å². The van der Waals surface area contributed by atoms with E-state index in [1.54, 1.807) is 0 Å². The van der Waals surface area contributed by atoms with Gasteiger partial charge in [0.2, 0.25) is 0 Å². The predicted octanol–water partition coefficient (Wildman–Crippen LogP) is 4.61. The van der Waals surface area contributed by atoms with E-state index < -0.39 is 0 Å². The fourth-order valence-corrected chi connectivity index (χ4v) is 3.88. The van der Waals surface area contributed by atoms with Gasteiger partial charge in [0.25, 0.3) is 0 Å². The zero-order chi connectivity index (χ0) is 14.5. The Morgan fingerprint density at radius 2 is 2.05 bits per heavy atom. The van der Waals surface area contributed by atoms with Crippen molar-refractivity contribution >= 4 is 15.9 Å². The van der Waals surface area contributed by atoms with Crippen LogP contribution in [0.5, 0.6) is 5.75 Å². The SMILES string of the molecule is CCC1CCCCC1Oc1c(C)cc(Br)cc1CCN. The molecule has 0 heterocycles. The average Bonchev–Trinajstić information content (AvgIpc) is 2.43. The standard InChI is InChI=1S/C17H26BrNO/c1-3-13-6-4-5-7-16(13)20-17-12(2)10-15(18)11-14(17)8-9-19/h10-11,13,16H,3-9,19H2,1-2H3. The lowest BCUT2D eigenvalue weighted by Gasteiger charge is -2.32. The second-order valence-corrected chi connectivity index (χ2v) is 6.77. The van der Waals surface area contributed by atoms with Gasteiger partial charge in [0, 0.05) is 4.47 Å². The van der Waals surface area contributed by atoms with Crippen molar-refractivity contribution in [1.29, 1.82) is 0 Å². The molecule has 2 N–H and O–H groups in total. The van der Waals surface area contributed by atoms with Gasteiger partial charge >= 0.3 is 0 Å². The Hall–Kier alpha value is -0.540. The number of halogens is 1. The summed E-state index contributed by atoms with van der Waals surface area (Å²) < 4.78 is 7.56. The lowest BCUT2D eigenvalue weighted by atomic mass is 9.84. The lowest BCUT2D eigenvalue weighted by Crippen LogP contribution is -2.30. The smallest absolute Gasteiger partial charge is 0.125 e. The molecule has 3 heteroatoms. The summed E-state index contributed by atoms with van der Waals surface area (Å²) in [5.41, 5.74) is 8.19. The number of hydrogen-bond donors (Lipinski definition) is 1. The molecule has 0 radical (unpaired) electrons. The van der Waals surface area contributed by atoms with Gasteiger partial charge in [-0.15, -0.1) is 0 Å². The van der Waals surface area contributed by atoms with E-state index in [0.717, 1.165) is 16.6 Å². The van der Waals surface area contributed by atoms with E-state index in [-0.39, 0.29) is 0 Å². The maximum atomic E-state index is 6.45. The van der Waals surface area contributed by atoms with E-state index in [1.165, 1.54) is 43.2 Å². The molecule has 1 saturated carbocycles. The van der Waals surface area contributed by atoms with Gasteiger partial charge in [0.1, 0.15) is 11.9 Å². The van der Waals surface area contributed by atoms with Crippen LogP contribution in [0, 0.1) is 12.8 Å². The summed E-state index contributed by atoms with van der Waals surface area (Å²) in [6.45, 7) is 5.07. The van der Waals surface area contributed by atoms with Crippen molar-refractivity contribution in [2.24, 2.45) is 11.7 Å². The number of ether oxygens (including phenoxy) is 1. The Labute approximate surface area is 131 Å². The molecule has 0 bridgehead atoms. The summed E-state index contributed by atoms with van der Waals surface area (Å²) in [5, 5.41) is 0. The molecule has 1 aromatic carbocycles. The highest BCUT2D eigenvalue weighted by Crippen LogP contribution is 2.35. The maximum Gasteiger partial charge on any atom is 0.125 e. The van der Waals surface area contributed by atoms with Crippen molar-refractivity contribution in [3.05, 3.63) is 27.7 Å². The van der Waals surface area contributed by atoms with Crippen LogP contribution in [0.1, 0.15) is 50.2 Å². The highest BCUT2D eigenvalue weighted by Gasteiger charge is 2.26. The van der Waals surface area contributed by atoms with Crippen LogP contribution in [-0.2, 0) is 6.42 Å². The van der Waals surface area contributed by atoms with Gasteiger partial charge in [-0.3, -0.25) is 0 Å². The molecule has 2 atom stereocenters. The van der Waals surface area contributed by atoms with Gasteiger partial charge < -0.3 is 10.5 Å². The number of rotatable bonds is 5. The fraction of sp³-hybridized carbons (Fsp3) is 0.647. The summed E-state index contributed by atoms with van der Waals surface area (Å²) in [6.07, 6.45) is 7.62. The van der Waals surface area contributed by atoms with E-state index in [4.69, 9.17) is 10.5 Å². The number of benzene rings is 1. The van der Waals surface area contributed by atoms with Gasteiger partial charge in [0.05, 0.1) is 0 Å². The molecule has 2 unspecified atom stereocenters. The van der Waals surface area contributed by atoms with Crippen LogP contribution in [-0.4, -0.2) is 12.6 Å². The third kappa shape index (κ3) is 3.76. The minimum atomic E-state index is 0.380. The molecule has 2 nitrogen and oxygen atoms in total. The van der Waals surface area contributed by atoms with Crippen molar-refractivity contribution in [3.8, 4) is 5.75 Å². The molecule has 1 aliphatic carbocycles. The summed E-state index contributed by atoms with van der Waals surface area (Å²) in [5.74, 6) is 1.78. The highest BCUT2D eigenvalue weighted by molar-refractivity contribution is 9.10. The number of hydrogen-bond acceptors (Lipinski definition) is 2. The van der Waals surface area contributed by atoms with Gasteiger partial charge in [-0.1, -0.05) is 29.3 Å². The normalized spacial score (nSPS) is 22.8. The summed E-state index contributed by atoms with van der Waals surface area (Å²) in [6, 6.07) is 4.29. The molecule has 20 heavy (non-hydrogen) atoms. The van der Waals surface area contributed by atoms with Crippen LogP contribution in [0.4, 0.5) is 0 Å². The topological polar surface area (TPSA) is 35.2 Å². The zero-order valence-electron chi connectivity index (χ0n) is 12.6. The van der Waals surface area contributed by atoms with Crippen LogP contribution in [0.2, 0.25) is 0 Å². The van der Waals surface area contributed by atoms with Crippen molar-refractivity contribution in [2.75, 3.05) is 6.54 Å². The van der Waals surface area contributed by atoms with Gasteiger partial charge in [-0.2, -0.15) is 0 Å². The first-order valence-corrected chi connectivity index (χ1v) is 8.60. The molecule has 1 aromatic rings. The molecule has 0 amide bonds. The molecule has 0 saturated heterocycles. The van der Waals surface area contributed by atoms with E-state index in [0.29, 0.717) is 18.6 Å². The minimum Gasteiger partial charge on any atom is -0.490 e. The Bertz CT molecular complexity index is 447. The van der Waals surface area contributed by atoms with Crippen molar-refractivity contribution in [2.45, 2.75) is 58.5 Å². The summed E-state index contributed by atoms with van der Waals surface area (Å²) >= 11 is 3.57. The van der Waals surface area contributed by atoms with Crippen molar-refractivity contribution in [1.82, 2.24) is 0 Å². The maximum absolute atomic E-state index is 6.45. The Kier molecular flexibility index (Phi) is 5.91. The first kappa shape index (κ1) is 15.8. The molecular weight excluding hydrogens is 314 g/mol. The minimum absolute atomic E-state index is 0.380. The summed E-state index contributed by atoms with van der Waals surface area (Å²) in [4.78, 5) is 0. The second-order valence-electron chi connectivity index (χ2n) is 5.86. The summed E-state index contributed by atoms with van der Waals surface area (Å²) in [7, 11) is 0. The average molecular weight is 340 g/mol. The molecular formula is C17H26BrNO. The Morgan fingerprint density at radius 3 is 2.75 bits per heavy atom. The van der Waals surface area contributed by atoms with Gasteiger partial charge in [0.15, 0.2) is 0 Å². The third-order valence-electron chi connectivity index (χ3n) is 4.36. The van der Waals surface area contributed by atoms with Crippen LogP contribution < -0.4 is 10.5 Å². The van der Waals surface area contributed by atoms with Crippen LogP contribution in [0.3, 0.4) is 0 Å². The molecule has 1 fully saturated rings. The second kappa shape index (κ2) is 7.46. The molecule has 0 spiro atoms. The van der Waals surface area contributed by atoms with Gasteiger partial charge in [-0.25, -0.2) is 0 Å². The molecule has 2 rings (SSSR count). The molecule has 0 aromatic heterocycles. The number of nitrogens with two attached hydrogens (primary N) is 1. The highest BCUT2D eigenvalue weighted by atomic mass is 79.9. The lowest BCUT2D eigenvalue weighted by molar-refractivity contribution is 0.0887. The Morgan fingerprint density at radius 1 is 1.30 bits per heavy atom. The van der Waals surface area contributed by atoms with E-state index in [9.17, 15) is 0 Å². The van der Waals surface area contributed by atoms with E-state index in [1.807, 2.05) is 0 Å². The van der Waals surface area contributed by atoms with E-state index in [2.05, 4.69) is 41.9 Å². The zero-order valence-corrected chi connectivity index (χ0v) is 14.2. The molecule has 112 valence electrons. The monoisotopic (exact) mass is 339 g/mol. The van der Waals surface area contributed by atoms with E-state index >= 15 is 0 Å². The van der Waals surface area contributed by atoms with Crippen molar-refractivity contribution in [3.63, 3.8) is 0 Å². The van der Waals surface area contributed by atoms with Crippen LogP contribution in [0.25, 0.3) is 0 Å². The number of aryl methyl sites for hydroxylation is 1. The van der Waals surface area contributed by atoms with Gasteiger partial charge in [-0.05, 0) is 74.8 Å². The fourth-order valence-electron chi connectivity index (χ4n) is 3.26. The largest absolute Gasteiger partial charge is 0.490 e.